The SMILES string of the molecule is COc1cccc(C2CCCN2c2ccc3nnc(C4CC4)n3n2)c1. The smallest absolute Gasteiger partial charge is 0.178 e. The summed E-state index contributed by atoms with van der Waals surface area (Å²) in [4.78, 5) is 2.39. The van der Waals surface area contributed by atoms with Crippen LogP contribution >= 0.6 is 0 Å². The molecule has 128 valence electrons. The normalized spacial score (nSPS) is 20.4. The van der Waals surface area contributed by atoms with Crippen molar-refractivity contribution in [3.05, 3.63) is 47.8 Å². The predicted octanol–water partition coefficient (Wildman–Crippen LogP) is 3.35. The van der Waals surface area contributed by atoms with Gasteiger partial charge in [0, 0.05) is 12.5 Å². The number of aromatic nitrogens is 4. The van der Waals surface area contributed by atoms with Crippen LogP contribution in [0, 0.1) is 0 Å². The van der Waals surface area contributed by atoms with Crippen LogP contribution in [0.3, 0.4) is 0 Å². The van der Waals surface area contributed by atoms with Gasteiger partial charge in [-0.3, -0.25) is 0 Å². The van der Waals surface area contributed by atoms with E-state index < -0.39 is 0 Å². The molecule has 2 aliphatic rings. The Morgan fingerprint density at radius 2 is 2.00 bits per heavy atom. The van der Waals surface area contributed by atoms with Crippen molar-refractivity contribution in [3.63, 3.8) is 0 Å². The van der Waals surface area contributed by atoms with E-state index in [0.717, 1.165) is 36.0 Å². The third-order valence-electron chi connectivity index (χ3n) is 5.24. The molecule has 0 bridgehead atoms. The molecule has 0 amide bonds. The van der Waals surface area contributed by atoms with Gasteiger partial charge in [-0.15, -0.1) is 15.3 Å². The van der Waals surface area contributed by atoms with Gasteiger partial charge in [-0.1, -0.05) is 12.1 Å². The van der Waals surface area contributed by atoms with Gasteiger partial charge in [-0.2, -0.15) is 4.52 Å². The molecule has 5 rings (SSSR count). The van der Waals surface area contributed by atoms with Crippen LogP contribution < -0.4 is 9.64 Å². The fourth-order valence-corrected chi connectivity index (χ4v) is 3.78. The maximum atomic E-state index is 5.40. The summed E-state index contributed by atoms with van der Waals surface area (Å²) in [5.74, 6) is 3.45. The Balaban J connectivity index is 1.52. The number of ether oxygens (including phenoxy) is 1. The van der Waals surface area contributed by atoms with Gasteiger partial charge in [0.1, 0.15) is 11.6 Å². The first-order valence-corrected chi connectivity index (χ1v) is 8.96. The molecule has 6 heteroatoms. The van der Waals surface area contributed by atoms with Crippen molar-refractivity contribution in [2.45, 2.75) is 37.6 Å². The quantitative estimate of drug-likeness (QED) is 0.732. The van der Waals surface area contributed by atoms with E-state index in [0.29, 0.717) is 12.0 Å². The maximum absolute atomic E-state index is 5.40. The van der Waals surface area contributed by atoms with E-state index in [9.17, 15) is 0 Å². The van der Waals surface area contributed by atoms with E-state index in [1.165, 1.54) is 24.8 Å². The number of anilines is 1. The van der Waals surface area contributed by atoms with Gasteiger partial charge in [0.05, 0.1) is 13.2 Å². The molecule has 1 atom stereocenters. The summed E-state index contributed by atoms with van der Waals surface area (Å²) in [5, 5.41) is 13.5. The Bertz CT molecular complexity index is 917. The lowest BCUT2D eigenvalue weighted by Gasteiger charge is -2.26. The topological polar surface area (TPSA) is 55.5 Å². The Hall–Kier alpha value is -2.63. The highest BCUT2D eigenvalue weighted by Gasteiger charge is 2.31. The third-order valence-corrected chi connectivity index (χ3v) is 5.24. The highest BCUT2D eigenvalue weighted by Crippen LogP contribution is 2.40. The van der Waals surface area contributed by atoms with Crippen molar-refractivity contribution in [2.24, 2.45) is 0 Å². The molecule has 0 N–H and O–H groups in total. The van der Waals surface area contributed by atoms with E-state index in [1.54, 1.807) is 7.11 Å². The van der Waals surface area contributed by atoms with E-state index in [1.807, 2.05) is 16.6 Å². The van der Waals surface area contributed by atoms with Crippen LogP contribution in [0.2, 0.25) is 0 Å². The number of rotatable bonds is 4. The molecule has 3 heterocycles. The number of nitrogens with zero attached hydrogens (tertiary/aromatic N) is 5. The zero-order chi connectivity index (χ0) is 16.8. The summed E-state index contributed by atoms with van der Waals surface area (Å²) in [6, 6.07) is 12.8. The Morgan fingerprint density at radius 1 is 1.08 bits per heavy atom. The molecule has 1 aliphatic heterocycles. The first-order chi connectivity index (χ1) is 12.3. The van der Waals surface area contributed by atoms with Gasteiger partial charge < -0.3 is 9.64 Å². The Morgan fingerprint density at radius 3 is 2.84 bits per heavy atom. The zero-order valence-corrected chi connectivity index (χ0v) is 14.3. The third kappa shape index (κ3) is 2.52. The van der Waals surface area contributed by atoms with E-state index in [4.69, 9.17) is 9.84 Å². The first kappa shape index (κ1) is 14.7. The molecule has 1 aromatic carbocycles. The van der Waals surface area contributed by atoms with Crippen LogP contribution in [0.4, 0.5) is 5.82 Å². The summed E-state index contributed by atoms with van der Waals surface area (Å²) in [6.45, 7) is 1.02. The first-order valence-electron chi connectivity index (χ1n) is 8.96. The van der Waals surface area contributed by atoms with Gasteiger partial charge in [-0.05, 0) is 55.5 Å². The maximum Gasteiger partial charge on any atom is 0.178 e. The summed E-state index contributed by atoms with van der Waals surface area (Å²) >= 11 is 0. The molecule has 1 saturated carbocycles. The fourth-order valence-electron chi connectivity index (χ4n) is 3.78. The molecule has 2 fully saturated rings. The van der Waals surface area contributed by atoms with Crippen molar-refractivity contribution in [1.29, 1.82) is 0 Å². The number of methoxy groups -OCH3 is 1. The minimum Gasteiger partial charge on any atom is -0.497 e. The van der Waals surface area contributed by atoms with Gasteiger partial charge in [-0.25, -0.2) is 0 Å². The monoisotopic (exact) mass is 335 g/mol. The molecule has 0 radical (unpaired) electrons. The number of hydrogen-bond donors (Lipinski definition) is 0. The molecule has 1 saturated heterocycles. The fraction of sp³-hybridized carbons (Fsp3) is 0.421. The second kappa shape index (κ2) is 5.72. The van der Waals surface area contributed by atoms with Crippen LogP contribution in [0.15, 0.2) is 36.4 Å². The van der Waals surface area contributed by atoms with E-state index >= 15 is 0 Å². The number of benzene rings is 1. The van der Waals surface area contributed by atoms with Crippen molar-refractivity contribution in [2.75, 3.05) is 18.6 Å². The molecule has 3 aromatic rings. The predicted molar refractivity (Wildman–Crippen MR) is 95.1 cm³/mol. The van der Waals surface area contributed by atoms with Crippen molar-refractivity contribution < 1.29 is 4.74 Å². The van der Waals surface area contributed by atoms with Crippen molar-refractivity contribution in [3.8, 4) is 5.75 Å². The molecular weight excluding hydrogens is 314 g/mol. The molecule has 25 heavy (non-hydrogen) atoms. The lowest BCUT2D eigenvalue weighted by Crippen LogP contribution is -2.24. The minimum absolute atomic E-state index is 0.334. The average molecular weight is 335 g/mol. The summed E-state index contributed by atoms with van der Waals surface area (Å²) in [6.07, 6.45) is 4.69. The van der Waals surface area contributed by atoms with Crippen LogP contribution in [0.1, 0.15) is 49.0 Å². The lowest BCUT2D eigenvalue weighted by atomic mass is 10.0. The van der Waals surface area contributed by atoms with Crippen LogP contribution in [0.5, 0.6) is 5.75 Å². The van der Waals surface area contributed by atoms with Gasteiger partial charge in [0.25, 0.3) is 0 Å². The van der Waals surface area contributed by atoms with Gasteiger partial charge in [0.15, 0.2) is 11.5 Å². The highest BCUT2D eigenvalue weighted by molar-refractivity contribution is 5.49. The van der Waals surface area contributed by atoms with Crippen LogP contribution in [-0.4, -0.2) is 33.5 Å². The number of fused-ring (bicyclic) bond motifs is 1. The molecule has 1 aliphatic carbocycles. The summed E-state index contributed by atoms with van der Waals surface area (Å²) in [5.41, 5.74) is 2.12. The summed E-state index contributed by atoms with van der Waals surface area (Å²) < 4.78 is 7.34. The molecule has 1 unspecified atom stereocenters. The van der Waals surface area contributed by atoms with Gasteiger partial charge >= 0.3 is 0 Å². The van der Waals surface area contributed by atoms with Crippen LogP contribution in [0.25, 0.3) is 5.65 Å². The lowest BCUT2D eigenvalue weighted by molar-refractivity contribution is 0.414. The standard InChI is InChI=1S/C19H21N5O/c1-25-15-5-2-4-14(12-15)16-6-3-11-23(16)18-10-9-17-20-21-19(13-7-8-13)24(17)22-18/h2,4-5,9-10,12-13,16H,3,6-8,11H2,1H3. The summed E-state index contributed by atoms with van der Waals surface area (Å²) in [7, 11) is 1.71. The van der Waals surface area contributed by atoms with E-state index in [2.05, 4.69) is 39.4 Å². The van der Waals surface area contributed by atoms with Crippen molar-refractivity contribution >= 4 is 11.5 Å². The highest BCUT2D eigenvalue weighted by atomic mass is 16.5. The van der Waals surface area contributed by atoms with E-state index in [-0.39, 0.29) is 0 Å². The zero-order valence-electron chi connectivity index (χ0n) is 14.3. The molecule has 6 nitrogen and oxygen atoms in total. The second-order valence-electron chi connectivity index (χ2n) is 6.92. The molecular formula is C19H21N5O. The Labute approximate surface area is 146 Å². The largest absolute Gasteiger partial charge is 0.497 e. The van der Waals surface area contributed by atoms with Crippen LogP contribution in [-0.2, 0) is 0 Å². The minimum atomic E-state index is 0.334. The molecule has 2 aromatic heterocycles. The second-order valence-corrected chi connectivity index (χ2v) is 6.92. The van der Waals surface area contributed by atoms with Crippen molar-refractivity contribution in [1.82, 2.24) is 19.8 Å². The Kier molecular flexibility index (Phi) is 3.36. The molecule has 0 spiro atoms. The number of hydrogen-bond acceptors (Lipinski definition) is 5. The van der Waals surface area contributed by atoms with Gasteiger partial charge in [0.2, 0.25) is 0 Å². The average Bonchev–Trinajstić information content (AvgIpc) is 3.22.